The third-order valence-electron chi connectivity index (χ3n) is 4.17. The van der Waals surface area contributed by atoms with Gasteiger partial charge in [-0.3, -0.25) is 9.59 Å². The maximum Gasteiger partial charge on any atom is 0.300 e. The molecule has 0 saturated heterocycles. The minimum Gasteiger partial charge on any atom is -0.481 e. The van der Waals surface area contributed by atoms with E-state index < -0.39 is 11.9 Å². The van der Waals surface area contributed by atoms with E-state index in [1.807, 2.05) is 0 Å². The van der Waals surface area contributed by atoms with Crippen LogP contribution < -0.4 is 10.6 Å². The van der Waals surface area contributed by atoms with Gasteiger partial charge in [0.2, 0.25) is 0 Å². The first-order valence-corrected chi connectivity index (χ1v) is 10.3. The van der Waals surface area contributed by atoms with Crippen LogP contribution in [-0.2, 0) is 29.1 Å². The Kier molecular flexibility index (Phi) is 10.9. The molecule has 0 saturated carbocycles. The van der Waals surface area contributed by atoms with Gasteiger partial charge in [-0.05, 0) is 43.3 Å². The molecule has 0 radical (unpaired) electrons. The first-order valence-electron chi connectivity index (χ1n) is 9.16. The Balaban J connectivity index is 0.000000465. The molecule has 0 heterocycles. The average Bonchev–Trinajstić information content (AvgIpc) is 2.68. The van der Waals surface area contributed by atoms with Crippen molar-refractivity contribution in [3.05, 3.63) is 72.8 Å². The second-order valence-corrected chi connectivity index (χ2v) is 7.78. The molecule has 2 N–H and O–H groups in total. The topological polar surface area (TPSA) is 74.6 Å². The number of carboxylic acid groups (broad SMARTS) is 2. The van der Waals surface area contributed by atoms with Gasteiger partial charge >= 0.3 is 0 Å². The summed E-state index contributed by atoms with van der Waals surface area (Å²) in [6.07, 6.45) is 0. The molecule has 0 aliphatic heterocycles. The van der Waals surface area contributed by atoms with E-state index in [2.05, 4.69) is 91.3 Å². The van der Waals surface area contributed by atoms with Crippen LogP contribution in [0.3, 0.4) is 0 Å². The first kappa shape index (κ1) is 26.9. The zero-order valence-corrected chi connectivity index (χ0v) is 21.2. The number of carbonyl (C=O) groups is 2. The Morgan fingerprint density at radius 1 is 0.613 bits per heavy atom. The molecule has 2 unspecified atom stereocenters. The molecule has 0 fully saturated rings. The molecule has 4 nitrogen and oxygen atoms in total. The number of fused-ring (bicyclic) bond motifs is 2. The van der Waals surface area contributed by atoms with Gasteiger partial charge < -0.3 is 10.2 Å². The van der Waals surface area contributed by atoms with Gasteiger partial charge in [0.15, 0.2) is 0 Å². The Morgan fingerprint density at radius 3 is 1.23 bits per heavy atom. The monoisotopic (exact) mass is 540 g/mol. The van der Waals surface area contributed by atoms with Gasteiger partial charge in [-0.2, -0.15) is 0 Å². The summed E-state index contributed by atoms with van der Waals surface area (Å²) in [4.78, 5) is 18.0. The van der Waals surface area contributed by atoms with E-state index in [-0.39, 0.29) is 19.5 Å². The third-order valence-corrected chi connectivity index (χ3v) is 5.13. The fourth-order valence-corrected chi connectivity index (χ4v) is 3.93. The van der Waals surface area contributed by atoms with Gasteiger partial charge in [0.1, 0.15) is 0 Å². The van der Waals surface area contributed by atoms with Crippen molar-refractivity contribution in [3.8, 4) is 11.1 Å². The van der Waals surface area contributed by atoms with Gasteiger partial charge in [0.25, 0.3) is 11.9 Å². The van der Waals surface area contributed by atoms with E-state index in [0.717, 1.165) is 13.8 Å². The number of benzene rings is 4. The van der Waals surface area contributed by atoms with Crippen molar-refractivity contribution < 1.29 is 39.3 Å². The van der Waals surface area contributed by atoms with E-state index >= 15 is 0 Å². The van der Waals surface area contributed by atoms with Crippen LogP contribution in [0.4, 0.5) is 0 Å². The molecule has 31 heavy (non-hydrogen) atoms. The summed E-state index contributed by atoms with van der Waals surface area (Å²) in [5, 5.41) is 22.5. The fraction of sp³-hybridized carbons (Fsp3) is 0.0833. The Morgan fingerprint density at radius 2 is 0.903 bits per heavy atom. The predicted molar refractivity (Wildman–Crippen MR) is 132 cm³/mol. The summed E-state index contributed by atoms with van der Waals surface area (Å²) >= 11 is 0. The molecular formula is C24H24O4P2Ru. The molecule has 2 atom stereocenters. The van der Waals surface area contributed by atoms with Crippen LogP contribution in [0.1, 0.15) is 13.8 Å². The van der Waals surface area contributed by atoms with Crippen LogP contribution >= 0.6 is 18.5 Å². The zero-order valence-electron chi connectivity index (χ0n) is 17.1. The van der Waals surface area contributed by atoms with Gasteiger partial charge in [-0.25, -0.2) is 0 Å². The van der Waals surface area contributed by atoms with Crippen molar-refractivity contribution in [3.63, 3.8) is 0 Å². The molecule has 4 aromatic carbocycles. The molecule has 0 bridgehead atoms. The molecule has 0 aliphatic rings. The van der Waals surface area contributed by atoms with Crippen LogP contribution in [0.25, 0.3) is 32.7 Å². The Labute approximate surface area is 199 Å². The quantitative estimate of drug-likeness (QED) is 0.268. The molecule has 0 spiro atoms. The Bertz CT molecular complexity index is 1110. The minimum absolute atomic E-state index is 0. The molecule has 4 rings (SSSR count). The molecule has 162 valence electrons. The summed E-state index contributed by atoms with van der Waals surface area (Å²) in [5.74, 6) is -1.67. The van der Waals surface area contributed by atoms with E-state index in [1.165, 1.54) is 43.3 Å². The largest absolute Gasteiger partial charge is 0.481 e. The number of hydrogen-bond acceptors (Lipinski definition) is 2. The SMILES string of the molecule is CC(=O)O.CC(=O)O.Pc1ccc2ccccc2c1-c1c(P)ccc2ccccc12.[Ru]. The van der Waals surface area contributed by atoms with Crippen molar-refractivity contribution >= 4 is 62.6 Å². The minimum atomic E-state index is -0.833. The number of rotatable bonds is 1. The standard InChI is InChI=1S/C20H16P2.2C2H4O2.Ru/c21-17-11-9-13-5-1-3-7-15(13)19(17)20-16-8-4-2-6-14(16)10-12-18(20)22;2*1-2(3)4;/h1-12H,21-22H2;2*1H3,(H,3,4);. The van der Waals surface area contributed by atoms with Crippen LogP contribution in [0, 0.1) is 0 Å². The number of aliphatic carboxylic acids is 2. The van der Waals surface area contributed by atoms with Crippen molar-refractivity contribution in [2.45, 2.75) is 13.8 Å². The van der Waals surface area contributed by atoms with Crippen LogP contribution in [0.2, 0.25) is 0 Å². The van der Waals surface area contributed by atoms with Gasteiger partial charge in [0.05, 0.1) is 0 Å². The first-order chi connectivity index (χ1) is 14.2. The van der Waals surface area contributed by atoms with E-state index in [4.69, 9.17) is 19.8 Å². The van der Waals surface area contributed by atoms with Crippen molar-refractivity contribution in [2.24, 2.45) is 0 Å². The molecular weight excluding hydrogens is 515 g/mol. The summed E-state index contributed by atoms with van der Waals surface area (Å²) in [6.45, 7) is 2.17. The van der Waals surface area contributed by atoms with E-state index in [0.29, 0.717) is 0 Å². The van der Waals surface area contributed by atoms with Crippen LogP contribution in [0.15, 0.2) is 72.8 Å². The summed E-state index contributed by atoms with van der Waals surface area (Å²) in [6, 6.07) is 26.0. The summed E-state index contributed by atoms with van der Waals surface area (Å²) in [7, 11) is 5.79. The van der Waals surface area contributed by atoms with Gasteiger partial charge in [0, 0.05) is 33.3 Å². The smallest absolute Gasteiger partial charge is 0.300 e. The van der Waals surface area contributed by atoms with Crippen LogP contribution in [0.5, 0.6) is 0 Å². The molecule has 0 amide bonds. The molecule has 7 heteroatoms. The zero-order chi connectivity index (χ0) is 22.3. The maximum atomic E-state index is 9.00. The van der Waals surface area contributed by atoms with E-state index in [9.17, 15) is 0 Å². The molecule has 0 aromatic heterocycles. The summed E-state index contributed by atoms with van der Waals surface area (Å²) < 4.78 is 0. The molecule has 0 aliphatic carbocycles. The van der Waals surface area contributed by atoms with Gasteiger partial charge in [-0.15, -0.1) is 18.5 Å². The summed E-state index contributed by atoms with van der Waals surface area (Å²) in [5.41, 5.74) is 2.62. The van der Waals surface area contributed by atoms with Crippen LogP contribution in [-0.4, -0.2) is 22.2 Å². The van der Waals surface area contributed by atoms with Crippen molar-refractivity contribution in [1.29, 1.82) is 0 Å². The number of hydrogen-bond donors (Lipinski definition) is 2. The second-order valence-electron chi connectivity index (χ2n) is 6.54. The van der Waals surface area contributed by atoms with Gasteiger partial charge in [-0.1, -0.05) is 72.8 Å². The predicted octanol–water partition coefficient (Wildman–Crippen LogP) is 4.84. The third kappa shape index (κ3) is 7.47. The Hall–Kier alpha value is -2.18. The van der Waals surface area contributed by atoms with E-state index in [1.54, 1.807) is 0 Å². The average molecular weight is 539 g/mol. The van der Waals surface area contributed by atoms with Crippen molar-refractivity contribution in [2.75, 3.05) is 0 Å². The fourth-order valence-electron chi connectivity index (χ4n) is 3.13. The molecule has 4 aromatic rings. The number of carboxylic acids is 2. The maximum absolute atomic E-state index is 9.00. The normalized spacial score (nSPS) is 9.55. The second kappa shape index (κ2) is 12.6. The van der Waals surface area contributed by atoms with Crippen molar-refractivity contribution in [1.82, 2.24) is 0 Å².